The van der Waals surface area contributed by atoms with Crippen LogP contribution in [0, 0.1) is 71.0 Å². The summed E-state index contributed by atoms with van der Waals surface area (Å²) in [7, 11) is 0. The molecule has 6 aliphatic carbocycles. The molecule has 8 heteroatoms. The quantitative estimate of drug-likeness (QED) is 0.124. The van der Waals surface area contributed by atoms with Gasteiger partial charge in [-0.05, 0) is 158 Å². The third-order valence-electron chi connectivity index (χ3n) is 14.0. The van der Waals surface area contributed by atoms with E-state index in [9.17, 15) is 19.2 Å². The van der Waals surface area contributed by atoms with Crippen LogP contribution in [0.5, 0.6) is 0 Å². The third-order valence-corrected chi connectivity index (χ3v) is 14.0. The van der Waals surface area contributed by atoms with Crippen LogP contribution in [0.2, 0.25) is 0 Å². The molecule has 0 aliphatic heterocycles. The lowest BCUT2D eigenvalue weighted by Crippen LogP contribution is -2.28. The molecule has 7 rings (SSSR count). The molecule has 276 valence electrons. The molecule has 0 N–H and O–H groups in total. The number of carbonyl (C=O) groups is 4. The van der Waals surface area contributed by atoms with Gasteiger partial charge < -0.3 is 18.9 Å². The number of rotatable bonds is 12. The normalized spacial score (nSPS) is 35.6. The van der Waals surface area contributed by atoms with Gasteiger partial charge in [-0.2, -0.15) is 0 Å². The van der Waals surface area contributed by atoms with E-state index in [-0.39, 0.29) is 17.4 Å². The van der Waals surface area contributed by atoms with E-state index in [4.69, 9.17) is 18.9 Å². The zero-order chi connectivity index (χ0) is 36.2. The molecule has 0 radical (unpaired) electrons. The summed E-state index contributed by atoms with van der Waals surface area (Å²) in [4.78, 5) is 50.6. The fourth-order valence-electron chi connectivity index (χ4n) is 11.7. The molecule has 6 aliphatic rings. The highest BCUT2D eigenvalue weighted by Crippen LogP contribution is 2.63. The van der Waals surface area contributed by atoms with Crippen molar-refractivity contribution in [3.05, 3.63) is 59.7 Å². The Morgan fingerprint density at radius 2 is 1.12 bits per heavy atom. The van der Waals surface area contributed by atoms with Crippen molar-refractivity contribution in [3.8, 4) is 0 Å². The molecule has 1 aromatic rings. The fraction of sp³-hybridized carbons (Fsp3) is 0.674. The van der Waals surface area contributed by atoms with Crippen molar-refractivity contribution in [2.24, 2.45) is 71.0 Å². The minimum Gasteiger partial charge on any atom is -0.462 e. The summed E-state index contributed by atoms with van der Waals surface area (Å²) < 4.78 is 22.8. The van der Waals surface area contributed by atoms with Crippen molar-refractivity contribution >= 4 is 23.9 Å². The molecular weight excluding hydrogens is 644 g/mol. The van der Waals surface area contributed by atoms with Crippen molar-refractivity contribution in [3.63, 3.8) is 0 Å². The van der Waals surface area contributed by atoms with Gasteiger partial charge >= 0.3 is 23.9 Å². The van der Waals surface area contributed by atoms with Gasteiger partial charge in [0, 0.05) is 11.6 Å². The zero-order valence-electron chi connectivity index (χ0n) is 30.9. The summed E-state index contributed by atoms with van der Waals surface area (Å²) in [5.74, 6) is 4.99. The first-order valence-electron chi connectivity index (χ1n) is 19.4. The molecule has 1 aromatic carbocycles. The molecule has 0 saturated heterocycles. The Morgan fingerprint density at radius 3 is 1.61 bits per heavy atom. The van der Waals surface area contributed by atoms with E-state index >= 15 is 0 Å². The zero-order valence-corrected chi connectivity index (χ0v) is 30.9. The number of hydrogen-bond donors (Lipinski definition) is 0. The van der Waals surface area contributed by atoms with Gasteiger partial charge in [0.15, 0.2) is 0 Å². The number of ether oxygens (including phenoxy) is 4. The molecule has 0 heterocycles. The maximum Gasteiger partial charge on any atom is 0.338 e. The first kappa shape index (κ1) is 36.0. The summed E-state index contributed by atoms with van der Waals surface area (Å²) in [6, 6.07) is 5.36. The predicted molar refractivity (Wildman–Crippen MR) is 191 cm³/mol. The average Bonchev–Trinajstić information content (AvgIpc) is 3.94. The summed E-state index contributed by atoms with van der Waals surface area (Å²) in [5.41, 5.74) is 1.85. The molecule has 4 bridgehead atoms. The maximum atomic E-state index is 13.5. The smallest absolute Gasteiger partial charge is 0.338 e. The molecule has 0 spiro atoms. The Hall–Kier alpha value is -3.42. The number of hydrogen-bond acceptors (Lipinski definition) is 8. The summed E-state index contributed by atoms with van der Waals surface area (Å²) in [5, 5.41) is 0. The Kier molecular flexibility index (Phi) is 10.0. The van der Waals surface area contributed by atoms with Crippen molar-refractivity contribution < 1.29 is 38.1 Å². The van der Waals surface area contributed by atoms with Crippen LogP contribution in [-0.2, 0) is 34.0 Å². The lowest BCUT2D eigenvalue weighted by atomic mass is 9.76. The van der Waals surface area contributed by atoms with Crippen LogP contribution in [0.3, 0.4) is 0 Å². The van der Waals surface area contributed by atoms with Gasteiger partial charge in [0.05, 0.1) is 37.6 Å². The fourth-order valence-corrected chi connectivity index (χ4v) is 11.7. The maximum absolute atomic E-state index is 13.5. The van der Waals surface area contributed by atoms with E-state index in [0.29, 0.717) is 114 Å². The van der Waals surface area contributed by atoms with Gasteiger partial charge in [-0.3, -0.25) is 0 Å². The second-order valence-corrected chi connectivity index (χ2v) is 18.1. The second-order valence-electron chi connectivity index (χ2n) is 18.1. The van der Waals surface area contributed by atoms with Crippen molar-refractivity contribution in [1.29, 1.82) is 0 Å². The van der Waals surface area contributed by atoms with E-state index in [0.717, 1.165) is 44.1 Å². The van der Waals surface area contributed by atoms with Gasteiger partial charge in [-0.1, -0.05) is 33.9 Å². The van der Waals surface area contributed by atoms with Gasteiger partial charge in [0.1, 0.15) is 0 Å². The van der Waals surface area contributed by atoms with E-state index in [1.54, 1.807) is 13.0 Å². The summed E-state index contributed by atoms with van der Waals surface area (Å²) >= 11 is 0. The van der Waals surface area contributed by atoms with Crippen molar-refractivity contribution in [2.45, 2.75) is 84.5 Å². The van der Waals surface area contributed by atoms with Crippen molar-refractivity contribution in [1.82, 2.24) is 0 Å². The molecule has 6 saturated carbocycles. The van der Waals surface area contributed by atoms with E-state index in [1.807, 2.05) is 12.1 Å². The number of carbonyl (C=O) groups excluding carboxylic acids is 4. The van der Waals surface area contributed by atoms with Crippen LogP contribution in [0.1, 0.15) is 105 Å². The molecule has 0 amide bonds. The van der Waals surface area contributed by atoms with Crippen LogP contribution in [0.25, 0.3) is 0 Å². The summed E-state index contributed by atoms with van der Waals surface area (Å²) in [6.45, 7) is 16.8. The molecule has 6 fully saturated rings. The standard InChI is InChI=1S/C43H56O8/c1-7-39(44)48-19-24-8-33-27-13-31(36(18-27)37(33)10-24)22-51-42(47)29-14-28(15-32(16-29)43(4,5)6)41(46)49-20-25-9-34-26-12-30(21-50-40(45)23(2)3)35(17-26)38(34)11-25/h7,14-16,24-27,30-31,33-38H,1-2,8-13,17-22H2,3-6H3. The number of esters is 4. The topological polar surface area (TPSA) is 105 Å². The Morgan fingerprint density at radius 1 is 0.647 bits per heavy atom. The highest BCUT2D eigenvalue weighted by atomic mass is 16.5. The summed E-state index contributed by atoms with van der Waals surface area (Å²) in [6.07, 6.45) is 10.1. The monoisotopic (exact) mass is 700 g/mol. The van der Waals surface area contributed by atoms with Crippen molar-refractivity contribution in [2.75, 3.05) is 26.4 Å². The van der Waals surface area contributed by atoms with Crippen LogP contribution >= 0.6 is 0 Å². The van der Waals surface area contributed by atoms with E-state index in [2.05, 4.69) is 33.9 Å². The highest BCUT2D eigenvalue weighted by molar-refractivity contribution is 5.96. The Bertz CT molecular complexity index is 1570. The largest absolute Gasteiger partial charge is 0.462 e. The van der Waals surface area contributed by atoms with Gasteiger partial charge in [-0.25, -0.2) is 19.2 Å². The van der Waals surface area contributed by atoms with Gasteiger partial charge in [-0.15, -0.1) is 0 Å². The van der Waals surface area contributed by atoms with Crippen LogP contribution in [0.4, 0.5) is 0 Å². The average molecular weight is 701 g/mol. The lowest BCUT2D eigenvalue weighted by molar-refractivity contribution is -0.141. The molecular formula is C43H56O8. The Labute approximate surface area is 303 Å². The van der Waals surface area contributed by atoms with Crippen LogP contribution < -0.4 is 0 Å². The lowest BCUT2D eigenvalue weighted by Gasteiger charge is -2.31. The van der Waals surface area contributed by atoms with Gasteiger partial charge in [0.25, 0.3) is 0 Å². The first-order valence-corrected chi connectivity index (χ1v) is 19.4. The molecule has 0 aromatic heterocycles. The van der Waals surface area contributed by atoms with Crippen LogP contribution in [-0.4, -0.2) is 50.3 Å². The Balaban J connectivity index is 0.926. The molecule has 12 unspecified atom stereocenters. The molecule has 12 atom stereocenters. The highest BCUT2D eigenvalue weighted by Gasteiger charge is 2.57. The predicted octanol–water partition coefficient (Wildman–Crippen LogP) is 7.74. The van der Waals surface area contributed by atoms with E-state index < -0.39 is 11.9 Å². The first-order chi connectivity index (χ1) is 24.3. The molecule has 51 heavy (non-hydrogen) atoms. The third kappa shape index (κ3) is 7.30. The number of benzene rings is 1. The minimum absolute atomic E-state index is 0.276. The number of fused-ring (bicyclic) bond motifs is 10. The second kappa shape index (κ2) is 14.2. The minimum atomic E-state index is -0.395. The SMILES string of the molecule is C=CC(=O)OCC1CC2C3CC(COC(=O)c4cc(C(=O)OCC5CC6C7CC(COC(=O)C(=C)C)C(C7)C6C5)cc(C(C)(C)C)c4)C(C3)C2C1. The van der Waals surface area contributed by atoms with E-state index in [1.165, 1.54) is 18.9 Å². The molecule has 8 nitrogen and oxygen atoms in total. The van der Waals surface area contributed by atoms with Gasteiger partial charge in [0.2, 0.25) is 0 Å². The van der Waals surface area contributed by atoms with Crippen LogP contribution in [0.15, 0.2) is 43.0 Å².